The van der Waals surface area contributed by atoms with E-state index in [-0.39, 0.29) is 57.2 Å². The van der Waals surface area contributed by atoms with Gasteiger partial charge in [0.1, 0.15) is 11.5 Å². The summed E-state index contributed by atoms with van der Waals surface area (Å²) in [7, 11) is 0. The number of halogens is 3. The zero-order valence-electron chi connectivity index (χ0n) is 19.4. The predicted octanol–water partition coefficient (Wildman–Crippen LogP) is 6.52. The SMILES string of the molecule is CCCOc1nc(Oc2cccc(SC(F)(F)F)c2)nc2oc(-c3cc(S)c(OCC(=O)O)c(S)c3)nc12. The summed E-state index contributed by atoms with van der Waals surface area (Å²) in [6.45, 7) is 1.62. The van der Waals surface area contributed by atoms with Crippen molar-refractivity contribution in [2.75, 3.05) is 13.2 Å². The summed E-state index contributed by atoms with van der Waals surface area (Å²) < 4.78 is 60.6. The molecule has 2 heterocycles. The maximum Gasteiger partial charge on any atom is 0.446 e. The van der Waals surface area contributed by atoms with Crippen LogP contribution in [0, 0.1) is 0 Å². The summed E-state index contributed by atoms with van der Waals surface area (Å²) >= 11 is 8.41. The topological polar surface area (TPSA) is 117 Å². The van der Waals surface area contributed by atoms with Gasteiger partial charge in [0.2, 0.25) is 5.89 Å². The molecule has 0 unspecified atom stereocenters. The van der Waals surface area contributed by atoms with Crippen LogP contribution < -0.4 is 14.2 Å². The zero-order chi connectivity index (χ0) is 27.4. The van der Waals surface area contributed by atoms with Crippen LogP contribution in [-0.2, 0) is 4.79 Å². The van der Waals surface area contributed by atoms with Crippen LogP contribution in [0.4, 0.5) is 13.2 Å². The minimum Gasteiger partial charge on any atom is -0.480 e. The number of aliphatic carboxylic acids is 1. The molecule has 4 aromatic rings. The number of benzene rings is 2. The summed E-state index contributed by atoms with van der Waals surface area (Å²) in [5.41, 5.74) is -3.83. The third kappa shape index (κ3) is 6.96. The Bertz CT molecular complexity index is 1460. The molecule has 15 heteroatoms. The van der Waals surface area contributed by atoms with Gasteiger partial charge in [0.15, 0.2) is 12.1 Å². The van der Waals surface area contributed by atoms with Crippen LogP contribution in [0.3, 0.4) is 0 Å². The summed E-state index contributed by atoms with van der Waals surface area (Å²) in [5.74, 6) is -0.744. The second-order valence-corrected chi connectivity index (χ2v) is 9.59. The van der Waals surface area contributed by atoms with E-state index in [9.17, 15) is 18.0 Å². The Morgan fingerprint density at radius 1 is 1.11 bits per heavy atom. The molecule has 0 aliphatic rings. The molecular formula is C23H18F3N3O6S3. The van der Waals surface area contributed by atoms with Crippen molar-refractivity contribution in [3.8, 4) is 34.8 Å². The van der Waals surface area contributed by atoms with Crippen molar-refractivity contribution < 1.29 is 41.7 Å². The Kier molecular flexibility index (Phi) is 8.47. The van der Waals surface area contributed by atoms with Crippen molar-refractivity contribution in [1.29, 1.82) is 0 Å². The normalized spacial score (nSPS) is 11.5. The highest BCUT2D eigenvalue weighted by molar-refractivity contribution is 8.00. The number of hydrogen-bond donors (Lipinski definition) is 3. The summed E-state index contributed by atoms with van der Waals surface area (Å²) in [5, 5.41) is 8.85. The van der Waals surface area contributed by atoms with Gasteiger partial charge in [-0.1, -0.05) is 13.0 Å². The average molecular weight is 586 g/mol. The van der Waals surface area contributed by atoms with E-state index in [1.807, 2.05) is 6.92 Å². The first-order chi connectivity index (χ1) is 18.0. The van der Waals surface area contributed by atoms with Crippen molar-refractivity contribution in [1.82, 2.24) is 15.0 Å². The number of thiol groups is 2. The number of nitrogens with zero attached hydrogens (tertiary/aromatic N) is 3. The second kappa shape index (κ2) is 11.6. The van der Waals surface area contributed by atoms with E-state index in [1.54, 1.807) is 12.1 Å². The molecule has 0 aliphatic carbocycles. The second-order valence-electron chi connectivity index (χ2n) is 7.48. The third-order valence-corrected chi connectivity index (χ3v) is 5.92. The van der Waals surface area contributed by atoms with Crippen LogP contribution in [-0.4, -0.2) is 44.7 Å². The van der Waals surface area contributed by atoms with Crippen molar-refractivity contribution in [2.45, 2.75) is 33.5 Å². The summed E-state index contributed by atoms with van der Waals surface area (Å²) in [6, 6.07) is 8.26. The molecule has 4 rings (SSSR count). The fraction of sp³-hybridized carbons (Fsp3) is 0.217. The Balaban J connectivity index is 1.69. The standard InChI is InChI=1S/C23H18F3N3O6S3/c1-2-6-32-20-17-21(29-22(28-20)34-12-4-3-5-13(9-12)38-23(24,25)26)35-19(27-17)11-7-14(36)18(15(37)8-11)33-10-16(30)31/h3-5,7-9,36-37H,2,6,10H2,1H3,(H,30,31). The number of carboxylic acids is 1. The number of thioether (sulfide) groups is 1. The van der Waals surface area contributed by atoms with Crippen LogP contribution in [0.1, 0.15) is 13.3 Å². The lowest BCUT2D eigenvalue weighted by molar-refractivity contribution is -0.139. The molecule has 0 aliphatic heterocycles. The number of alkyl halides is 3. The van der Waals surface area contributed by atoms with Crippen molar-refractivity contribution in [2.24, 2.45) is 0 Å². The first-order valence-electron chi connectivity index (χ1n) is 10.8. The maximum absolute atomic E-state index is 12.8. The van der Waals surface area contributed by atoms with Gasteiger partial charge in [-0.05, 0) is 48.5 Å². The lowest BCUT2D eigenvalue weighted by Crippen LogP contribution is -2.10. The molecule has 0 amide bonds. The number of carboxylic acid groups (broad SMARTS) is 1. The monoisotopic (exact) mass is 585 g/mol. The fourth-order valence-electron chi connectivity index (χ4n) is 3.09. The van der Waals surface area contributed by atoms with Crippen molar-refractivity contribution in [3.63, 3.8) is 0 Å². The van der Waals surface area contributed by atoms with E-state index in [4.69, 9.17) is 23.7 Å². The lowest BCUT2D eigenvalue weighted by Gasteiger charge is -2.10. The first kappa shape index (κ1) is 27.7. The molecule has 0 radical (unpaired) electrons. The van der Waals surface area contributed by atoms with E-state index in [0.29, 0.717) is 28.4 Å². The van der Waals surface area contributed by atoms with E-state index in [1.165, 1.54) is 24.3 Å². The van der Waals surface area contributed by atoms with Crippen LogP contribution in [0.5, 0.6) is 23.4 Å². The number of rotatable bonds is 10. The number of carbonyl (C=O) groups is 1. The Morgan fingerprint density at radius 2 is 1.84 bits per heavy atom. The van der Waals surface area contributed by atoms with E-state index in [0.717, 1.165) is 0 Å². The van der Waals surface area contributed by atoms with Crippen LogP contribution >= 0.6 is 37.0 Å². The highest BCUT2D eigenvalue weighted by Crippen LogP contribution is 2.39. The largest absolute Gasteiger partial charge is 0.480 e. The van der Waals surface area contributed by atoms with Crippen LogP contribution in [0.25, 0.3) is 22.7 Å². The van der Waals surface area contributed by atoms with E-state index in [2.05, 4.69) is 40.2 Å². The quantitative estimate of drug-likeness (QED) is 0.140. The highest BCUT2D eigenvalue weighted by Gasteiger charge is 2.29. The van der Waals surface area contributed by atoms with Crippen molar-refractivity contribution >= 4 is 54.2 Å². The molecule has 38 heavy (non-hydrogen) atoms. The Morgan fingerprint density at radius 3 is 2.50 bits per heavy atom. The van der Waals surface area contributed by atoms with Crippen LogP contribution in [0.2, 0.25) is 0 Å². The number of oxazole rings is 1. The summed E-state index contributed by atoms with van der Waals surface area (Å²) in [4.78, 5) is 24.2. The van der Waals surface area contributed by atoms with Gasteiger partial charge in [-0.3, -0.25) is 0 Å². The van der Waals surface area contributed by atoms with Crippen LogP contribution in [0.15, 0.2) is 55.5 Å². The molecule has 0 spiro atoms. The summed E-state index contributed by atoms with van der Waals surface area (Å²) in [6.07, 6.45) is 0.660. The molecule has 9 nitrogen and oxygen atoms in total. The van der Waals surface area contributed by atoms with Gasteiger partial charge in [-0.2, -0.15) is 23.1 Å². The zero-order valence-corrected chi connectivity index (χ0v) is 22.0. The minimum atomic E-state index is -4.45. The minimum absolute atomic E-state index is 0.00422. The number of fused-ring (bicyclic) bond motifs is 1. The number of ether oxygens (including phenoxy) is 3. The van der Waals surface area contributed by atoms with Gasteiger partial charge >= 0.3 is 17.5 Å². The maximum atomic E-state index is 12.8. The van der Waals surface area contributed by atoms with Gasteiger partial charge < -0.3 is 23.7 Å². The molecule has 1 N–H and O–H groups in total. The average Bonchev–Trinajstić information content (AvgIpc) is 3.25. The van der Waals surface area contributed by atoms with Gasteiger partial charge in [0, 0.05) is 20.2 Å². The van der Waals surface area contributed by atoms with Gasteiger partial charge in [0.05, 0.1) is 6.61 Å². The van der Waals surface area contributed by atoms with Gasteiger partial charge in [-0.25, -0.2) is 9.78 Å². The molecule has 0 bridgehead atoms. The third-order valence-electron chi connectivity index (χ3n) is 4.53. The Labute approximate surface area is 228 Å². The van der Waals surface area contributed by atoms with Gasteiger partial charge in [-0.15, -0.1) is 25.3 Å². The Hall–Kier alpha value is -3.30. The molecule has 0 atom stereocenters. The molecule has 2 aromatic heterocycles. The molecular weight excluding hydrogens is 567 g/mol. The van der Waals surface area contributed by atoms with Gasteiger partial charge in [0.25, 0.3) is 11.6 Å². The van der Waals surface area contributed by atoms with Crippen molar-refractivity contribution in [3.05, 3.63) is 36.4 Å². The number of aromatic nitrogens is 3. The molecule has 0 fully saturated rings. The van der Waals surface area contributed by atoms with E-state index < -0.39 is 18.1 Å². The van der Waals surface area contributed by atoms with E-state index >= 15 is 0 Å². The number of hydrogen-bond acceptors (Lipinski definition) is 11. The molecule has 0 saturated carbocycles. The molecule has 2 aromatic carbocycles. The fourth-order valence-corrected chi connectivity index (χ4v) is 4.42. The lowest BCUT2D eigenvalue weighted by atomic mass is 10.2. The highest BCUT2D eigenvalue weighted by atomic mass is 32.2. The first-order valence-corrected chi connectivity index (χ1v) is 12.5. The predicted molar refractivity (Wildman–Crippen MR) is 137 cm³/mol. The molecule has 0 saturated heterocycles. The smallest absolute Gasteiger partial charge is 0.446 e. The molecule has 200 valence electrons.